The topological polar surface area (TPSA) is 38.7 Å². The number of aryl methyl sites for hydroxylation is 2. The fraction of sp³-hybridized carbons (Fsp3) is 0.182. The molecule has 0 saturated carbocycles. The molecule has 0 radical (unpaired) electrons. The number of aromatic nitrogens is 3. The van der Waals surface area contributed by atoms with Gasteiger partial charge < -0.3 is 0 Å². The summed E-state index contributed by atoms with van der Waals surface area (Å²) in [5, 5.41) is 7.80. The van der Waals surface area contributed by atoms with Crippen LogP contribution in [-0.4, -0.2) is 15.2 Å². The third-order valence-electron chi connectivity index (χ3n) is 2.09. The van der Waals surface area contributed by atoms with E-state index in [0.29, 0.717) is 0 Å². The Balaban J connectivity index is 2.50. The van der Waals surface area contributed by atoms with E-state index in [0.717, 1.165) is 22.5 Å². The molecule has 14 heavy (non-hydrogen) atoms. The van der Waals surface area contributed by atoms with Crippen molar-refractivity contribution in [2.45, 2.75) is 13.8 Å². The molecule has 0 spiro atoms. The van der Waals surface area contributed by atoms with Crippen molar-refractivity contribution in [1.29, 1.82) is 0 Å². The molecule has 0 atom stereocenters. The Hall–Kier alpha value is -1.77. The highest BCUT2D eigenvalue weighted by atomic mass is 15.1. The van der Waals surface area contributed by atoms with Gasteiger partial charge in [-0.15, -0.1) is 0 Å². The minimum atomic E-state index is 0.906. The molecule has 0 fully saturated rings. The minimum Gasteiger partial charge on any atom is -0.256 e. The first-order chi connectivity index (χ1) is 6.77. The van der Waals surface area contributed by atoms with Crippen molar-refractivity contribution in [3.05, 3.63) is 41.9 Å². The average Bonchev–Trinajstić information content (AvgIpc) is 2.20. The number of nitrogens with zero attached hydrogens (tertiary/aromatic N) is 3. The Kier molecular flexibility index (Phi) is 2.23. The van der Waals surface area contributed by atoms with E-state index >= 15 is 0 Å². The third kappa shape index (κ3) is 1.62. The second kappa shape index (κ2) is 3.54. The van der Waals surface area contributed by atoms with Crippen molar-refractivity contribution in [1.82, 2.24) is 15.2 Å². The maximum atomic E-state index is 4.34. The number of hydrogen-bond donors (Lipinski definition) is 0. The van der Waals surface area contributed by atoms with E-state index in [4.69, 9.17) is 0 Å². The van der Waals surface area contributed by atoms with Gasteiger partial charge in [-0.1, -0.05) is 6.07 Å². The van der Waals surface area contributed by atoms with Gasteiger partial charge in [-0.3, -0.25) is 4.98 Å². The molecule has 2 aromatic heterocycles. The van der Waals surface area contributed by atoms with Crippen molar-refractivity contribution in [2.75, 3.05) is 0 Å². The van der Waals surface area contributed by atoms with Gasteiger partial charge in [0, 0.05) is 11.8 Å². The summed E-state index contributed by atoms with van der Waals surface area (Å²) in [5.74, 6) is 0. The first-order valence-corrected chi connectivity index (χ1v) is 4.48. The fourth-order valence-electron chi connectivity index (χ4n) is 1.30. The van der Waals surface area contributed by atoms with Crippen molar-refractivity contribution < 1.29 is 0 Å². The van der Waals surface area contributed by atoms with E-state index in [1.54, 1.807) is 6.20 Å². The minimum absolute atomic E-state index is 0.906. The Labute approximate surface area is 82.8 Å². The van der Waals surface area contributed by atoms with Crippen LogP contribution in [0.4, 0.5) is 0 Å². The van der Waals surface area contributed by atoms with Gasteiger partial charge in [-0.05, 0) is 31.5 Å². The summed E-state index contributed by atoms with van der Waals surface area (Å²) in [6, 6.07) is 5.97. The smallest absolute Gasteiger partial charge is 0.0721 e. The van der Waals surface area contributed by atoms with Crippen LogP contribution in [0.3, 0.4) is 0 Å². The van der Waals surface area contributed by atoms with E-state index < -0.39 is 0 Å². The molecule has 0 aromatic carbocycles. The first-order valence-electron chi connectivity index (χ1n) is 4.48. The second-order valence-electron chi connectivity index (χ2n) is 3.25. The van der Waals surface area contributed by atoms with Crippen molar-refractivity contribution in [3.63, 3.8) is 0 Å². The highest BCUT2D eigenvalue weighted by molar-refractivity contribution is 5.60. The van der Waals surface area contributed by atoms with Gasteiger partial charge in [-0.25, -0.2) is 0 Å². The van der Waals surface area contributed by atoms with E-state index in [1.807, 2.05) is 38.2 Å². The second-order valence-corrected chi connectivity index (χ2v) is 3.25. The van der Waals surface area contributed by atoms with Crippen LogP contribution < -0.4 is 0 Å². The van der Waals surface area contributed by atoms with Gasteiger partial charge in [0.25, 0.3) is 0 Å². The molecule has 0 aliphatic heterocycles. The molecule has 0 amide bonds. The molecule has 2 aromatic rings. The summed E-state index contributed by atoms with van der Waals surface area (Å²) >= 11 is 0. The van der Waals surface area contributed by atoms with Crippen molar-refractivity contribution in [2.24, 2.45) is 0 Å². The highest BCUT2D eigenvalue weighted by Crippen LogP contribution is 2.18. The Morgan fingerprint density at radius 3 is 2.57 bits per heavy atom. The summed E-state index contributed by atoms with van der Waals surface area (Å²) in [7, 11) is 0. The van der Waals surface area contributed by atoms with Gasteiger partial charge in [-0.2, -0.15) is 10.2 Å². The molecular weight excluding hydrogens is 174 g/mol. The van der Waals surface area contributed by atoms with Crippen LogP contribution in [0.25, 0.3) is 11.3 Å². The molecule has 0 aliphatic carbocycles. The Morgan fingerprint density at radius 1 is 1.07 bits per heavy atom. The van der Waals surface area contributed by atoms with Crippen LogP contribution in [0.1, 0.15) is 11.3 Å². The van der Waals surface area contributed by atoms with Crippen LogP contribution in [0.2, 0.25) is 0 Å². The average molecular weight is 185 g/mol. The summed E-state index contributed by atoms with van der Waals surface area (Å²) in [5.41, 5.74) is 4.06. The fourth-order valence-corrected chi connectivity index (χ4v) is 1.30. The number of rotatable bonds is 1. The summed E-state index contributed by atoms with van der Waals surface area (Å²) < 4.78 is 0. The Morgan fingerprint density at radius 2 is 1.93 bits per heavy atom. The van der Waals surface area contributed by atoms with E-state index in [-0.39, 0.29) is 0 Å². The zero-order chi connectivity index (χ0) is 9.97. The maximum Gasteiger partial charge on any atom is 0.0721 e. The van der Waals surface area contributed by atoms with Gasteiger partial charge in [0.15, 0.2) is 0 Å². The van der Waals surface area contributed by atoms with Gasteiger partial charge in [0.1, 0.15) is 0 Å². The number of pyridine rings is 1. The van der Waals surface area contributed by atoms with Crippen LogP contribution in [0, 0.1) is 13.8 Å². The normalized spacial score (nSPS) is 10.1. The molecule has 2 heterocycles. The lowest BCUT2D eigenvalue weighted by atomic mass is 10.1. The highest BCUT2D eigenvalue weighted by Gasteiger charge is 2.02. The lowest BCUT2D eigenvalue weighted by molar-refractivity contribution is 0.980. The molecule has 2 rings (SSSR count). The molecule has 3 heteroatoms. The summed E-state index contributed by atoms with van der Waals surface area (Å²) in [6.07, 6.45) is 3.54. The summed E-state index contributed by atoms with van der Waals surface area (Å²) in [4.78, 5) is 4.34. The van der Waals surface area contributed by atoms with Crippen LogP contribution in [-0.2, 0) is 0 Å². The molecule has 0 unspecified atom stereocenters. The number of hydrogen-bond acceptors (Lipinski definition) is 3. The molecule has 70 valence electrons. The predicted molar refractivity (Wildman–Crippen MR) is 54.7 cm³/mol. The molecule has 3 nitrogen and oxygen atoms in total. The molecule has 0 saturated heterocycles. The quantitative estimate of drug-likeness (QED) is 0.683. The standard InChI is InChI=1S/C11H11N3/c1-8-3-4-11(12-7-8)10-5-6-13-14-9(10)2/h3-7H,1-2H3. The van der Waals surface area contributed by atoms with Crippen LogP contribution in [0.5, 0.6) is 0 Å². The lowest BCUT2D eigenvalue weighted by Gasteiger charge is -2.02. The molecule has 0 aliphatic rings. The van der Waals surface area contributed by atoms with E-state index in [2.05, 4.69) is 15.2 Å². The van der Waals surface area contributed by atoms with Gasteiger partial charge in [0.2, 0.25) is 0 Å². The van der Waals surface area contributed by atoms with Crippen LogP contribution in [0.15, 0.2) is 30.6 Å². The summed E-state index contributed by atoms with van der Waals surface area (Å²) in [6.45, 7) is 3.96. The lowest BCUT2D eigenvalue weighted by Crippen LogP contribution is -1.91. The molecule has 0 bridgehead atoms. The first kappa shape index (κ1) is 8.81. The van der Waals surface area contributed by atoms with Crippen molar-refractivity contribution >= 4 is 0 Å². The third-order valence-corrected chi connectivity index (χ3v) is 2.09. The molecule has 0 N–H and O–H groups in total. The van der Waals surface area contributed by atoms with E-state index in [1.165, 1.54) is 0 Å². The van der Waals surface area contributed by atoms with Gasteiger partial charge in [0.05, 0.1) is 17.6 Å². The monoisotopic (exact) mass is 185 g/mol. The zero-order valence-corrected chi connectivity index (χ0v) is 8.23. The molecular formula is C11H11N3. The van der Waals surface area contributed by atoms with E-state index in [9.17, 15) is 0 Å². The SMILES string of the molecule is Cc1ccc(-c2ccnnc2C)nc1. The maximum absolute atomic E-state index is 4.34. The zero-order valence-electron chi connectivity index (χ0n) is 8.23. The Bertz CT molecular complexity index is 435. The van der Waals surface area contributed by atoms with Crippen molar-refractivity contribution in [3.8, 4) is 11.3 Å². The largest absolute Gasteiger partial charge is 0.256 e. The van der Waals surface area contributed by atoms with Crippen LogP contribution >= 0.6 is 0 Å². The van der Waals surface area contributed by atoms with Gasteiger partial charge >= 0.3 is 0 Å². The predicted octanol–water partition coefficient (Wildman–Crippen LogP) is 2.16.